The van der Waals surface area contributed by atoms with E-state index < -0.39 is 6.09 Å². The van der Waals surface area contributed by atoms with Crippen LogP contribution in [0.25, 0.3) is 10.8 Å². The van der Waals surface area contributed by atoms with Crippen LogP contribution in [0.15, 0.2) is 72.8 Å². The molecule has 7 rings (SSSR count). The smallest absolute Gasteiger partial charge is 0.410 e. The molecule has 2 fully saturated rings. The molecule has 250 valence electrons. The molecule has 10 nitrogen and oxygen atoms in total. The maximum atomic E-state index is 13.3. The van der Waals surface area contributed by atoms with Crippen LogP contribution in [0.1, 0.15) is 41.5 Å². The average Bonchev–Trinajstić information content (AvgIpc) is 3.56. The van der Waals surface area contributed by atoms with Gasteiger partial charge in [0.25, 0.3) is 0 Å². The predicted octanol–water partition coefficient (Wildman–Crippen LogP) is 5.88. The summed E-state index contributed by atoms with van der Waals surface area (Å²) in [6.07, 6.45) is 2.61. The molecule has 3 aromatic carbocycles. The van der Waals surface area contributed by atoms with Crippen molar-refractivity contribution in [2.45, 2.75) is 50.9 Å². The molecule has 2 atom stereocenters. The Morgan fingerprint density at radius 3 is 2.53 bits per heavy atom. The fourth-order valence-corrected chi connectivity index (χ4v) is 7.49. The van der Waals surface area contributed by atoms with Gasteiger partial charge in [-0.15, -0.1) is 0 Å². The molecule has 0 aliphatic carbocycles. The van der Waals surface area contributed by atoms with E-state index in [4.69, 9.17) is 14.5 Å². The van der Waals surface area contributed by atoms with E-state index in [-0.39, 0.29) is 25.1 Å². The fourth-order valence-electron chi connectivity index (χ4n) is 7.49. The lowest BCUT2D eigenvalue weighted by molar-refractivity contribution is 0.0767. The first-order valence-electron chi connectivity index (χ1n) is 17.1. The lowest BCUT2D eigenvalue weighted by Gasteiger charge is -2.42. The van der Waals surface area contributed by atoms with Crippen molar-refractivity contribution < 1.29 is 14.3 Å². The number of anilines is 2. The SMILES string of the molecule is CN1CCCC1COc1nc(N2CCN(C(=O)OCc3ccccc3)C(CC#N)C2)c2c(c1C#N)CN(c1cccc3ccccc13)CC2. The molecule has 10 heteroatoms. The number of amides is 1. The minimum atomic E-state index is -0.422. The molecule has 0 saturated carbocycles. The monoisotopic (exact) mass is 655 g/mol. The molecule has 49 heavy (non-hydrogen) atoms. The third-order valence-corrected chi connectivity index (χ3v) is 10.2. The highest BCUT2D eigenvalue weighted by molar-refractivity contribution is 5.94. The van der Waals surface area contributed by atoms with Gasteiger partial charge in [-0.1, -0.05) is 66.7 Å². The Morgan fingerprint density at radius 1 is 0.918 bits per heavy atom. The highest BCUT2D eigenvalue weighted by Crippen LogP contribution is 2.39. The van der Waals surface area contributed by atoms with Crippen molar-refractivity contribution in [2.24, 2.45) is 0 Å². The molecule has 0 bridgehead atoms. The van der Waals surface area contributed by atoms with Crippen LogP contribution < -0.4 is 14.5 Å². The highest BCUT2D eigenvalue weighted by atomic mass is 16.6. The molecule has 3 aliphatic heterocycles. The third kappa shape index (κ3) is 6.70. The zero-order chi connectivity index (χ0) is 33.7. The van der Waals surface area contributed by atoms with E-state index >= 15 is 0 Å². The maximum Gasteiger partial charge on any atom is 0.410 e. The minimum Gasteiger partial charge on any atom is -0.475 e. The zero-order valence-corrected chi connectivity index (χ0v) is 27.9. The second kappa shape index (κ2) is 14.4. The normalized spacial score (nSPS) is 19.3. The van der Waals surface area contributed by atoms with Gasteiger partial charge in [-0.3, -0.25) is 0 Å². The summed E-state index contributed by atoms with van der Waals surface area (Å²) in [4.78, 5) is 26.8. The molecular weight excluding hydrogens is 614 g/mol. The van der Waals surface area contributed by atoms with Crippen LogP contribution in [0.2, 0.25) is 0 Å². The first-order valence-corrected chi connectivity index (χ1v) is 17.1. The number of carbonyl (C=O) groups is 1. The number of hydrogen-bond acceptors (Lipinski definition) is 9. The summed E-state index contributed by atoms with van der Waals surface area (Å²) >= 11 is 0. The van der Waals surface area contributed by atoms with Crippen molar-refractivity contribution in [1.82, 2.24) is 14.8 Å². The molecule has 0 N–H and O–H groups in total. The summed E-state index contributed by atoms with van der Waals surface area (Å²) in [5.74, 6) is 1.14. The van der Waals surface area contributed by atoms with Crippen molar-refractivity contribution in [3.8, 4) is 18.0 Å². The lowest BCUT2D eigenvalue weighted by atomic mass is 9.94. The van der Waals surface area contributed by atoms with Gasteiger partial charge in [0.2, 0.25) is 5.88 Å². The number of fused-ring (bicyclic) bond motifs is 2. The third-order valence-electron chi connectivity index (χ3n) is 10.2. The Hall–Kier alpha value is -5.32. The number of aromatic nitrogens is 1. The van der Waals surface area contributed by atoms with E-state index in [2.05, 4.69) is 76.4 Å². The van der Waals surface area contributed by atoms with Crippen LogP contribution in [0.5, 0.6) is 5.88 Å². The summed E-state index contributed by atoms with van der Waals surface area (Å²) in [5, 5.41) is 22.7. The molecule has 4 heterocycles. The topological polar surface area (TPSA) is 109 Å². The molecule has 1 aromatic heterocycles. The van der Waals surface area contributed by atoms with Crippen LogP contribution in [0.3, 0.4) is 0 Å². The predicted molar refractivity (Wildman–Crippen MR) is 188 cm³/mol. The number of rotatable bonds is 8. The molecule has 0 radical (unpaired) electrons. The number of ether oxygens (including phenoxy) is 2. The second-order valence-corrected chi connectivity index (χ2v) is 13.1. The molecule has 4 aromatic rings. The Balaban J connectivity index is 1.20. The van der Waals surface area contributed by atoms with Gasteiger partial charge in [-0.2, -0.15) is 15.5 Å². The van der Waals surface area contributed by atoms with Gasteiger partial charge in [0.15, 0.2) is 0 Å². The number of carbonyl (C=O) groups excluding carboxylic acids is 1. The summed E-state index contributed by atoms with van der Waals surface area (Å²) in [6.45, 7) is 4.32. The van der Waals surface area contributed by atoms with E-state index in [1.54, 1.807) is 4.90 Å². The van der Waals surface area contributed by atoms with Crippen LogP contribution in [0, 0.1) is 22.7 Å². The number of benzene rings is 3. The molecule has 2 unspecified atom stereocenters. The Bertz CT molecular complexity index is 1900. The second-order valence-electron chi connectivity index (χ2n) is 13.1. The fraction of sp³-hybridized carbons (Fsp3) is 0.385. The van der Waals surface area contributed by atoms with E-state index in [9.17, 15) is 15.3 Å². The lowest BCUT2D eigenvalue weighted by Crippen LogP contribution is -2.55. The maximum absolute atomic E-state index is 13.3. The van der Waals surface area contributed by atoms with Crippen LogP contribution in [-0.2, 0) is 24.3 Å². The number of piperazine rings is 1. The standard InChI is InChI=1S/C39H41N7O3/c1-43-19-8-13-31(43)27-48-38-34(23-41)35-25-44(36-15-7-12-29-11-5-6-14-32(29)36)20-17-33(35)37(42-38)45-21-22-46(30(24-45)16-18-40)39(47)49-26-28-9-3-2-4-10-28/h2-7,9-12,14-15,30-31H,8,13,16-17,19-22,24-27H2,1H3. The van der Waals surface area contributed by atoms with Gasteiger partial charge in [0, 0.05) is 61.0 Å². The number of hydrogen-bond donors (Lipinski definition) is 0. The van der Waals surface area contributed by atoms with Crippen molar-refractivity contribution in [3.63, 3.8) is 0 Å². The molecule has 1 amide bonds. The van der Waals surface area contributed by atoms with Crippen molar-refractivity contribution in [3.05, 3.63) is 95.1 Å². The van der Waals surface area contributed by atoms with Gasteiger partial charge in [0.05, 0.1) is 18.5 Å². The summed E-state index contributed by atoms with van der Waals surface area (Å²) in [6, 6.07) is 29.0. The Labute approximate surface area is 287 Å². The minimum absolute atomic E-state index is 0.168. The quantitative estimate of drug-likeness (QED) is 0.230. The number of likely N-dealkylation sites (N-methyl/N-ethyl adjacent to an activating group) is 1. The number of nitrogens with zero attached hydrogens (tertiary/aromatic N) is 7. The highest BCUT2D eigenvalue weighted by Gasteiger charge is 2.36. The molecule has 0 spiro atoms. The van der Waals surface area contributed by atoms with Gasteiger partial charge in [-0.25, -0.2) is 4.79 Å². The average molecular weight is 656 g/mol. The molecule has 3 aliphatic rings. The van der Waals surface area contributed by atoms with Crippen LogP contribution in [0.4, 0.5) is 16.3 Å². The largest absolute Gasteiger partial charge is 0.475 e. The number of likely N-dealkylation sites (tertiary alicyclic amines) is 1. The van der Waals surface area contributed by atoms with Gasteiger partial charge < -0.3 is 29.1 Å². The van der Waals surface area contributed by atoms with Crippen molar-refractivity contribution in [1.29, 1.82) is 10.5 Å². The summed E-state index contributed by atoms with van der Waals surface area (Å²) in [7, 11) is 2.11. The van der Waals surface area contributed by atoms with Crippen LogP contribution >= 0.6 is 0 Å². The first-order chi connectivity index (χ1) is 24.0. The molecule has 2 saturated heterocycles. The van der Waals surface area contributed by atoms with E-state index in [1.807, 2.05) is 30.3 Å². The van der Waals surface area contributed by atoms with Crippen molar-refractivity contribution >= 4 is 28.4 Å². The number of pyridine rings is 1. The summed E-state index contributed by atoms with van der Waals surface area (Å²) < 4.78 is 12.1. The van der Waals surface area contributed by atoms with Gasteiger partial charge in [0.1, 0.15) is 30.7 Å². The van der Waals surface area contributed by atoms with Gasteiger partial charge >= 0.3 is 6.09 Å². The Kier molecular flexibility index (Phi) is 9.49. The van der Waals surface area contributed by atoms with Crippen LogP contribution in [-0.4, -0.2) is 79.3 Å². The number of nitriles is 2. The Morgan fingerprint density at radius 2 is 1.73 bits per heavy atom. The first kappa shape index (κ1) is 32.2. The van der Waals surface area contributed by atoms with E-state index in [0.717, 1.165) is 54.1 Å². The van der Waals surface area contributed by atoms with E-state index in [0.29, 0.717) is 50.7 Å². The summed E-state index contributed by atoms with van der Waals surface area (Å²) in [5.41, 5.74) is 4.50. The zero-order valence-electron chi connectivity index (χ0n) is 27.9. The van der Waals surface area contributed by atoms with Gasteiger partial charge in [-0.05, 0) is 49.9 Å². The molecular formula is C39H41N7O3. The van der Waals surface area contributed by atoms with E-state index in [1.165, 1.54) is 10.8 Å². The van der Waals surface area contributed by atoms with Crippen molar-refractivity contribution in [2.75, 3.05) is 56.2 Å².